The summed E-state index contributed by atoms with van der Waals surface area (Å²) in [6, 6.07) is 5.21. The fraction of sp³-hybridized carbons (Fsp3) is 0.100. The molecule has 0 amide bonds. The van der Waals surface area contributed by atoms with E-state index in [1.165, 1.54) is 0 Å². The number of rotatable bonds is 3. The first-order chi connectivity index (χ1) is 7.24. The molecule has 0 aliphatic carbocycles. The number of halogens is 2. The maximum absolute atomic E-state index is 5.81. The summed E-state index contributed by atoms with van der Waals surface area (Å²) in [5.74, 6) is 0.443. The van der Waals surface area contributed by atoms with Crippen LogP contribution in [-0.4, -0.2) is 4.98 Å². The molecular formula is C10H7Cl2NOS. The first kappa shape index (κ1) is 10.7. The van der Waals surface area contributed by atoms with Crippen LogP contribution in [0.1, 0.15) is 5.56 Å². The van der Waals surface area contributed by atoms with E-state index in [-0.39, 0.29) is 0 Å². The van der Waals surface area contributed by atoms with Crippen molar-refractivity contribution in [2.75, 3.05) is 0 Å². The molecule has 0 spiro atoms. The molecule has 78 valence electrons. The molecule has 2 heterocycles. The molecule has 2 aromatic rings. The van der Waals surface area contributed by atoms with Crippen molar-refractivity contribution in [3.8, 4) is 5.88 Å². The molecule has 0 aromatic carbocycles. The Balaban J connectivity index is 2.05. The third-order valence-electron chi connectivity index (χ3n) is 1.70. The van der Waals surface area contributed by atoms with E-state index in [0.717, 1.165) is 5.56 Å². The van der Waals surface area contributed by atoms with Gasteiger partial charge in [0, 0.05) is 16.7 Å². The third-order valence-corrected chi connectivity index (χ3v) is 2.85. The van der Waals surface area contributed by atoms with E-state index in [1.54, 1.807) is 23.5 Å². The molecular weight excluding hydrogens is 253 g/mol. The number of thiophene rings is 1. The number of hydrogen-bond acceptors (Lipinski definition) is 3. The van der Waals surface area contributed by atoms with Gasteiger partial charge in [-0.15, -0.1) is 0 Å². The summed E-state index contributed by atoms with van der Waals surface area (Å²) in [6.45, 7) is 0.479. The van der Waals surface area contributed by atoms with Gasteiger partial charge in [-0.25, -0.2) is 4.98 Å². The van der Waals surface area contributed by atoms with Crippen molar-refractivity contribution in [2.24, 2.45) is 0 Å². The van der Waals surface area contributed by atoms with E-state index in [1.807, 2.05) is 16.8 Å². The maximum atomic E-state index is 5.81. The highest BCUT2D eigenvalue weighted by Crippen LogP contribution is 2.21. The van der Waals surface area contributed by atoms with Gasteiger partial charge in [-0.2, -0.15) is 11.3 Å². The molecule has 0 bridgehead atoms. The van der Waals surface area contributed by atoms with Gasteiger partial charge in [0.15, 0.2) is 0 Å². The second-order valence-corrected chi connectivity index (χ2v) is 4.47. The lowest BCUT2D eigenvalue weighted by molar-refractivity contribution is 0.294. The molecule has 0 atom stereocenters. The Morgan fingerprint density at radius 3 is 2.87 bits per heavy atom. The third kappa shape index (κ3) is 3.09. The Kier molecular flexibility index (Phi) is 3.46. The summed E-state index contributed by atoms with van der Waals surface area (Å²) in [4.78, 5) is 4.00. The van der Waals surface area contributed by atoms with Gasteiger partial charge in [0.1, 0.15) is 11.8 Å². The standard InChI is InChI=1S/C10H7Cl2NOS/c11-8-3-9(12)13-10(4-8)14-5-7-1-2-15-6-7/h1-4,6H,5H2. The number of pyridine rings is 1. The monoisotopic (exact) mass is 259 g/mol. The minimum absolute atomic E-state index is 0.336. The fourth-order valence-corrected chi connectivity index (χ4v) is 2.16. The van der Waals surface area contributed by atoms with Crippen molar-refractivity contribution >= 4 is 34.5 Å². The molecule has 0 N–H and O–H groups in total. The molecule has 0 fully saturated rings. The lowest BCUT2D eigenvalue weighted by Gasteiger charge is -2.04. The lowest BCUT2D eigenvalue weighted by atomic mass is 10.4. The predicted octanol–water partition coefficient (Wildman–Crippen LogP) is 4.03. The van der Waals surface area contributed by atoms with E-state index in [2.05, 4.69) is 4.98 Å². The van der Waals surface area contributed by atoms with Gasteiger partial charge in [-0.3, -0.25) is 0 Å². The molecule has 0 saturated carbocycles. The van der Waals surface area contributed by atoms with Crippen LogP contribution in [-0.2, 0) is 6.61 Å². The molecule has 2 nitrogen and oxygen atoms in total. The summed E-state index contributed by atoms with van der Waals surface area (Å²) in [6.07, 6.45) is 0. The van der Waals surface area contributed by atoms with Crippen molar-refractivity contribution in [1.82, 2.24) is 4.98 Å². The normalized spacial score (nSPS) is 10.3. The van der Waals surface area contributed by atoms with Crippen LogP contribution in [0.15, 0.2) is 29.0 Å². The molecule has 15 heavy (non-hydrogen) atoms. The summed E-state index contributed by atoms with van der Waals surface area (Å²) < 4.78 is 5.44. The van der Waals surface area contributed by atoms with Gasteiger partial charge in [-0.05, 0) is 22.9 Å². The Morgan fingerprint density at radius 2 is 2.20 bits per heavy atom. The molecule has 0 radical (unpaired) electrons. The quantitative estimate of drug-likeness (QED) is 0.777. The Morgan fingerprint density at radius 1 is 1.33 bits per heavy atom. The summed E-state index contributed by atoms with van der Waals surface area (Å²) in [7, 11) is 0. The highest BCUT2D eigenvalue weighted by molar-refractivity contribution is 7.07. The predicted molar refractivity (Wildman–Crippen MR) is 62.9 cm³/mol. The van der Waals surface area contributed by atoms with Crippen LogP contribution >= 0.6 is 34.5 Å². The minimum atomic E-state index is 0.336. The Hall–Kier alpha value is -0.770. The first-order valence-corrected chi connectivity index (χ1v) is 5.91. The summed E-state index contributed by atoms with van der Waals surface area (Å²) in [5, 5.41) is 4.88. The smallest absolute Gasteiger partial charge is 0.216 e. The van der Waals surface area contributed by atoms with Crippen molar-refractivity contribution in [3.05, 3.63) is 44.7 Å². The van der Waals surface area contributed by atoms with Gasteiger partial charge in [0.05, 0.1) is 0 Å². The van der Waals surface area contributed by atoms with E-state index in [9.17, 15) is 0 Å². The fourth-order valence-electron chi connectivity index (χ4n) is 1.05. The molecule has 0 saturated heterocycles. The van der Waals surface area contributed by atoms with Crippen molar-refractivity contribution in [1.29, 1.82) is 0 Å². The molecule has 5 heteroatoms. The van der Waals surface area contributed by atoms with E-state index in [4.69, 9.17) is 27.9 Å². The van der Waals surface area contributed by atoms with Crippen LogP contribution in [0.2, 0.25) is 10.2 Å². The molecule has 2 aromatic heterocycles. The lowest BCUT2D eigenvalue weighted by Crippen LogP contribution is -1.95. The minimum Gasteiger partial charge on any atom is -0.473 e. The largest absolute Gasteiger partial charge is 0.473 e. The SMILES string of the molecule is Clc1cc(Cl)nc(OCc2ccsc2)c1. The number of aromatic nitrogens is 1. The van der Waals surface area contributed by atoms with E-state index >= 15 is 0 Å². The summed E-state index contributed by atoms with van der Waals surface area (Å²) in [5.41, 5.74) is 1.11. The van der Waals surface area contributed by atoms with Crippen LogP contribution in [0.25, 0.3) is 0 Å². The van der Waals surface area contributed by atoms with Crippen LogP contribution < -0.4 is 4.74 Å². The van der Waals surface area contributed by atoms with E-state index < -0.39 is 0 Å². The molecule has 2 rings (SSSR count). The molecule has 0 aliphatic rings. The van der Waals surface area contributed by atoms with E-state index in [0.29, 0.717) is 22.7 Å². The first-order valence-electron chi connectivity index (χ1n) is 4.21. The number of nitrogens with zero attached hydrogens (tertiary/aromatic N) is 1. The maximum Gasteiger partial charge on any atom is 0.216 e. The average Bonchev–Trinajstić information content (AvgIpc) is 2.65. The average molecular weight is 260 g/mol. The zero-order chi connectivity index (χ0) is 10.7. The highest BCUT2D eigenvalue weighted by atomic mass is 35.5. The zero-order valence-electron chi connectivity index (χ0n) is 7.61. The van der Waals surface area contributed by atoms with Gasteiger partial charge in [-0.1, -0.05) is 23.2 Å². The molecule has 0 aliphatic heterocycles. The number of ether oxygens (including phenoxy) is 1. The van der Waals surface area contributed by atoms with Crippen molar-refractivity contribution in [3.63, 3.8) is 0 Å². The van der Waals surface area contributed by atoms with Gasteiger partial charge < -0.3 is 4.74 Å². The van der Waals surface area contributed by atoms with Crippen LogP contribution in [0.3, 0.4) is 0 Å². The highest BCUT2D eigenvalue weighted by Gasteiger charge is 2.01. The topological polar surface area (TPSA) is 22.1 Å². The van der Waals surface area contributed by atoms with Crippen LogP contribution in [0.4, 0.5) is 0 Å². The molecule has 0 unspecified atom stereocenters. The van der Waals surface area contributed by atoms with Gasteiger partial charge in [0.2, 0.25) is 5.88 Å². The summed E-state index contributed by atoms with van der Waals surface area (Å²) >= 11 is 13.2. The van der Waals surface area contributed by atoms with Crippen LogP contribution in [0, 0.1) is 0 Å². The Labute approximate surface area is 101 Å². The van der Waals surface area contributed by atoms with Crippen LogP contribution in [0.5, 0.6) is 5.88 Å². The van der Waals surface area contributed by atoms with Gasteiger partial charge >= 0.3 is 0 Å². The number of hydrogen-bond donors (Lipinski definition) is 0. The Bertz CT molecular complexity index is 424. The van der Waals surface area contributed by atoms with Gasteiger partial charge in [0.25, 0.3) is 0 Å². The van der Waals surface area contributed by atoms with Crippen molar-refractivity contribution < 1.29 is 4.74 Å². The zero-order valence-corrected chi connectivity index (χ0v) is 9.94. The second kappa shape index (κ2) is 4.84. The second-order valence-electron chi connectivity index (χ2n) is 2.87. The van der Waals surface area contributed by atoms with Crippen molar-refractivity contribution in [2.45, 2.75) is 6.61 Å².